The van der Waals surface area contributed by atoms with E-state index in [1.807, 2.05) is 0 Å². The zero-order valence-corrected chi connectivity index (χ0v) is 13.5. The second-order valence-corrected chi connectivity index (χ2v) is 5.50. The largest absolute Gasteiger partial charge is 0.368 e. The van der Waals surface area contributed by atoms with E-state index in [1.54, 1.807) is 6.21 Å². The van der Waals surface area contributed by atoms with Crippen molar-refractivity contribution in [2.24, 2.45) is 27.2 Å². The number of unbranched alkanes of at least 4 members (excludes halogenated alkanes) is 1. The minimum Gasteiger partial charge on any atom is -0.368 e. The summed E-state index contributed by atoms with van der Waals surface area (Å²) in [5.74, 6) is -1.63. The van der Waals surface area contributed by atoms with Crippen LogP contribution in [0.2, 0.25) is 0 Å². The van der Waals surface area contributed by atoms with Gasteiger partial charge in [0.25, 0.3) is 0 Å². The predicted molar refractivity (Wildman–Crippen MR) is 90.4 cm³/mol. The minimum atomic E-state index is -0.885. The number of carbonyl (C=O) groups is 3. The molecule has 0 bridgehead atoms. The van der Waals surface area contributed by atoms with E-state index in [2.05, 4.69) is 20.6 Å². The van der Waals surface area contributed by atoms with Gasteiger partial charge in [-0.3, -0.25) is 19.4 Å². The van der Waals surface area contributed by atoms with Gasteiger partial charge >= 0.3 is 0 Å². The van der Waals surface area contributed by atoms with Crippen LogP contribution in [0.3, 0.4) is 0 Å². The molecule has 1 heterocycles. The summed E-state index contributed by atoms with van der Waals surface area (Å²) >= 11 is 0. The first-order valence-electron chi connectivity index (χ1n) is 7.81. The smallest absolute Gasteiger partial charge is 0.243 e. The van der Waals surface area contributed by atoms with Crippen LogP contribution in [0.1, 0.15) is 25.7 Å². The maximum Gasteiger partial charge on any atom is 0.243 e. The van der Waals surface area contributed by atoms with Crippen molar-refractivity contribution in [3.05, 3.63) is 0 Å². The summed E-state index contributed by atoms with van der Waals surface area (Å²) in [6.45, 7) is 0.223. The predicted octanol–water partition coefficient (Wildman–Crippen LogP) is -2.60. The molecule has 24 heavy (non-hydrogen) atoms. The molecule has 134 valence electrons. The van der Waals surface area contributed by atoms with Gasteiger partial charge in [-0.2, -0.15) is 0 Å². The van der Waals surface area contributed by atoms with E-state index in [1.165, 1.54) is 6.34 Å². The zero-order chi connectivity index (χ0) is 17.9. The minimum absolute atomic E-state index is 0.214. The molecule has 0 fully saturated rings. The lowest BCUT2D eigenvalue weighted by Crippen LogP contribution is -2.53. The van der Waals surface area contributed by atoms with Crippen LogP contribution >= 0.6 is 0 Å². The summed E-state index contributed by atoms with van der Waals surface area (Å²) in [7, 11) is 0. The Morgan fingerprint density at radius 3 is 2.54 bits per heavy atom. The van der Waals surface area contributed by atoms with Gasteiger partial charge in [-0.05, 0) is 19.4 Å². The molecule has 0 aliphatic carbocycles. The fraction of sp³-hybridized carbons (Fsp3) is 0.643. The third-order valence-corrected chi connectivity index (χ3v) is 3.44. The molecule has 1 aliphatic rings. The van der Waals surface area contributed by atoms with Crippen molar-refractivity contribution in [2.75, 3.05) is 13.1 Å². The van der Waals surface area contributed by atoms with Gasteiger partial charge in [-0.25, -0.2) is 4.99 Å². The average Bonchev–Trinajstić information content (AvgIpc) is 3.05. The SMILES string of the molecule is NCCCCC(N)C(=O)NC(CC1C=NC=N1)C(=O)NCC(N)=O. The number of nitrogens with two attached hydrogens (primary N) is 3. The van der Waals surface area contributed by atoms with E-state index in [9.17, 15) is 14.4 Å². The number of amides is 3. The van der Waals surface area contributed by atoms with E-state index < -0.39 is 29.8 Å². The van der Waals surface area contributed by atoms with Gasteiger partial charge in [0.15, 0.2) is 0 Å². The Kier molecular flexibility index (Phi) is 8.58. The second kappa shape index (κ2) is 10.4. The molecule has 3 atom stereocenters. The van der Waals surface area contributed by atoms with Crippen LogP contribution in [0.15, 0.2) is 9.98 Å². The van der Waals surface area contributed by atoms with Gasteiger partial charge in [0.05, 0.1) is 18.6 Å². The molecule has 3 amide bonds. The second-order valence-electron chi connectivity index (χ2n) is 5.50. The number of hydrogen-bond acceptors (Lipinski definition) is 7. The van der Waals surface area contributed by atoms with E-state index >= 15 is 0 Å². The molecule has 3 unspecified atom stereocenters. The lowest BCUT2D eigenvalue weighted by molar-refractivity contribution is -0.130. The van der Waals surface area contributed by atoms with Crippen LogP contribution in [-0.4, -0.2) is 61.5 Å². The van der Waals surface area contributed by atoms with Crippen molar-refractivity contribution >= 4 is 30.3 Å². The summed E-state index contributed by atoms with van der Waals surface area (Å²) in [5.41, 5.74) is 16.2. The molecule has 0 saturated heterocycles. The molecule has 0 aromatic rings. The van der Waals surface area contributed by atoms with Crippen molar-refractivity contribution in [3.63, 3.8) is 0 Å². The fourth-order valence-electron chi connectivity index (χ4n) is 2.11. The van der Waals surface area contributed by atoms with Crippen LogP contribution in [0.4, 0.5) is 0 Å². The van der Waals surface area contributed by atoms with Crippen molar-refractivity contribution in [3.8, 4) is 0 Å². The van der Waals surface area contributed by atoms with E-state index in [-0.39, 0.29) is 19.0 Å². The van der Waals surface area contributed by atoms with E-state index in [0.29, 0.717) is 13.0 Å². The molecule has 0 radical (unpaired) electrons. The Morgan fingerprint density at radius 1 is 1.21 bits per heavy atom. The number of rotatable bonds is 11. The molecule has 1 rings (SSSR count). The zero-order valence-electron chi connectivity index (χ0n) is 13.5. The monoisotopic (exact) mass is 339 g/mol. The van der Waals surface area contributed by atoms with Crippen LogP contribution in [0.5, 0.6) is 0 Å². The lowest BCUT2D eigenvalue weighted by atomic mass is 10.1. The van der Waals surface area contributed by atoms with Crippen LogP contribution in [-0.2, 0) is 14.4 Å². The standard InChI is InChI=1S/C14H25N7O3/c15-4-2-1-3-10(16)13(23)21-11(5-9-6-18-8-20-9)14(24)19-7-12(17)22/h6,8-11H,1-5,7,15-16H2,(H2,17,22)(H,19,24)(H,21,23). The van der Waals surface area contributed by atoms with Crippen molar-refractivity contribution < 1.29 is 14.4 Å². The highest BCUT2D eigenvalue weighted by Gasteiger charge is 2.26. The van der Waals surface area contributed by atoms with Gasteiger partial charge in [0, 0.05) is 12.6 Å². The average molecular weight is 339 g/mol. The number of nitrogens with one attached hydrogen (secondary N) is 2. The Morgan fingerprint density at radius 2 is 1.96 bits per heavy atom. The molecule has 1 aliphatic heterocycles. The van der Waals surface area contributed by atoms with Crippen molar-refractivity contribution in [1.29, 1.82) is 0 Å². The van der Waals surface area contributed by atoms with Crippen LogP contribution in [0.25, 0.3) is 0 Å². The molecule has 8 N–H and O–H groups in total. The number of hydrogen-bond donors (Lipinski definition) is 5. The third kappa shape index (κ3) is 7.29. The molecule has 0 spiro atoms. The first-order chi connectivity index (χ1) is 11.4. The van der Waals surface area contributed by atoms with Crippen LogP contribution < -0.4 is 27.8 Å². The highest BCUT2D eigenvalue weighted by Crippen LogP contribution is 2.06. The normalized spacial score (nSPS) is 18.2. The first-order valence-corrected chi connectivity index (χ1v) is 7.81. The molecule has 0 aromatic carbocycles. The van der Waals surface area contributed by atoms with Gasteiger partial charge in [0.1, 0.15) is 12.4 Å². The number of carbonyl (C=O) groups excluding carboxylic acids is 3. The topological polar surface area (TPSA) is 178 Å². The van der Waals surface area contributed by atoms with Crippen molar-refractivity contribution in [1.82, 2.24) is 10.6 Å². The molecule has 10 nitrogen and oxygen atoms in total. The summed E-state index contributed by atoms with van der Waals surface area (Å²) in [5, 5.41) is 4.97. The Hall–Kier alpha value is -2.33. The van der Waals surface area contributed by atoms with Gasteiger partial charge in [-0.15, -0.1) is 0 Å². The van der Waals surface area contributed by atoms with Crippen LogP contribution in [0, 0.1) is 0 Å². The Bertz CT molecular complexity index is 495. The molecule has 0 aromatic heterocycles. The fourth-order valence-corrected chi connectivity index (χ4v) is 2.11. The highest BCUT2D eigenvalue weighted by atomic mass is 16.2. The maximum atomic E-state index is 12.2. The first kappa shape index (κ1) is 19.7. The highest BCUT2D eigenvalue weighted by molar-refractivity contribution is 5.92. The van der Waals surface area contributed by atoms with Gasteiger partial charge in [0.2, 0.25) is 17.7 Å². The summed E-state index contributed by atoms with van der Waals surface area (Å²) < 4.78 is 0. The lowest BCUT2D eigenvalue weighted by Gasteiger charge is -2.21. The number of nitrogens with zero attached hydrogens (tertiary/aromatic N) is 2. The van der Waals surface area contributed by atoms with Crippen molar-refractivity contribution in [2.45, 2.75) is 43.8 Å². The van der Waals surface area contributed by atoms with Gasteiger partial charge in [-0.1, -0.05) is 6.42 Å². The third-order valence-electron chi connectivity index (χ3n) is 3.44. The summed E-state index contributed by atoms with van der Waals surface area (Å²) in [6, 6.07) is -1.93. The Balaban J connectivity index is 2.60. The van der Waals surface area contributed by atoms with E-state index in [4.69, 9.17) is 17.2 Å². The number of primary amides is 1. The Labute approximate surface area is 140 Å². The molecule has 0 saturated carbocycles. The summed E-state index contributed by atoms with van der Waals surface area (Å²) in [4.78, 5) is 43.0. The van der Waals surface area contributed by atoms with E-state index in [0.717, 1.165) is 12.8 Å². The van der Waals surface area contributed by atoms with Gasteiger partial charge < -0.3 is 27.8 Å². The molecular weight excluding hydrogens is 314 g/mol. The molecular formula is C14H25N7O3. The number of aliphatic imine (C=N–C) groups is 2. The quantitative estimate of drug-likeness (QED) is 0.259. The summed E-state index contributed by atoms with van der Waals surface area (Å²) in [6.07, 6.45) is 5.14. The molecule has 10 heteroatoms. The maximum absolute atomic E-state index is 12.2.